The molecule has 0 saturated carbocycles. The monoisotopic (exact) mass is 494 g/mol. The van der Waals surface area contributed by atoms with Gasteiger partial charge in [0.05, 0.1) is 24.4 Å². The molecular weight excluding hydrogens is 467 g/mol. The number of nitrogens with one attached hydrogen (secondary N) is 2. The summed E-state index contributed by atoms with van der Waals surface area (Å²) in [5.74, 6) is -0.333. The molecule has 0 spiro atoms. The average molecular weight is 495 g/mol. The van der Waals surface area contributed by atoms with Gasteiger partial charge in [-0.25, -0.2) is 9.37 Å². The molecule has 7 nitrogen and oxygen atoms in total. The smallest absolute Gasteiger partial charge is 0.247 e. The van der Waals surface area contributed by atoms with Gasteiger partial charge in [0.15, 0.2) is 0 Å². The predicted molar refractivity (Wildman–Crippen MR) is 141 cm³/mol. The van der Waals surface area contributed by atoms with Gasteiger partial charge >= 0.3 is 0 Å². The number of nitrogens with zero attached hydrogens (tertiary/aromatic N) is 4. The minimum atomic E-state index is -0.796. The molecule has 8 heteroatoms. The van der Waals surface area contributed by atoms with E-state index in [0.717, 1.165) is 16.7 Å². The molecule has 1 amide bonds. The highest BCUT2D eigenvalue weighted by Gasteiger charge is 2.22. The summed E-state index contributed by atoms with van der Waals surface area (Å²) in [6.07, 6.45) is 7.08. The lowest BCUT2D eigenvalue weighted by atomic mass is 9.98. The van der Waals surface area contributed by atoms with Crippen LogP contribution in [0.15, 0.2) is 91.9 Å². The molecule has 0 radical (unpaired) electrons. The second-order valence-corrected chi connectivity index (χ2v) is 8.69. The number of carbonyl (C=O) groups is 1. The molecule has 2 unspecified atom stereocenters. The van der Waals surface area contributed by atoms with E-state index in [-0.39, 0.29) is 11.8 Å². The lowest BCUT2D eigenvalue weighted by molar-refractivity contribution is -0.118. The Bertz CT molecular complexity index is 1410. The zero-order valence-corrected chi connectivity index (χ0v) is 20.4. The molecule has 0 bridgehead atoms. The minimum absolute atomic E-state index is 0.0519. The van der Waals surface area contributed by atoms with E-state index < -0.39 is 11.9 Å². The van der Waals surface area contributed by atoms with E-state index in [1.807, 2.05) is 31.3 Å². The maximum atomic E-state index is 14.0. The Morgan fingerprint density at radius 1 is 1.14 bits per heavy atom. The van der Waals surface area contributed by atoms with Crippen molar-refractivity contribution in [3.63, 3.8) is 0 Å². The number of allylic oxidation sites excluding steroid dienone is 1. The highest BCUT2D eigenvalue weighted by molar-refractivity contribution is 5.95. The molecular formula is C29H27FN6O. The summed E-state index contributed by atoms with van der Waals surface area (Å²) in [5, 5.41) is 19.4. The summed E-state index contributed by atoms with van der Waals surface area (Å²) >= 11 is 0. The van der Waals surface area contributed by atoms with Crippen LogP contribution in [0.25, 0.3) is 11.1 Å². The molecule has 0 aliphatic carbocycles. The summed E-state index contributed by atoms with van der Waals surface area (Å²) in [6.45, 7) is 6.80. The zero-order valence-electron chi connectivity index (χ0n) is 20.4. The number of rotatable bonds is 10. The third kappa shape index (κ3) is 6.54. The highest BCUT2D eigenvalue weighted by Crippen LogP contribution is 2.22. The Balaban J connectivity index is 1.47. The fraction of sp³-hybridized carbons (Fsp3) is 0.172. The summed E-state index contributed by atoms with van der Waals surface area (Å²) in [7, 11) is 0. The SMILES string of the molecule is C=CCn1cc(-c2ccc(NC(=O)C(NCC(C)c3ccc(C#N)cc3)c3cccc(F)c3)nc2)cn1. The molecule has 186 valence electrons. The van der Waals surface area contributed by atoms with Gasteiger partial charge < -0.3 is 10.6 Å². The van der Waals surface area contributed by atoms with Crippen molar-refractivity contribution in [2.24, 2.45) is 0 Å². The molecule has 0 aliphatic heterocycles. The summed E-state index contributed by atoms with van der Waals surface area (Å²) in [5.41, 5.74) is 3.90. The van der Waals surface area contributed by atoms with E-state index in [1.165, 1.54) is 12.1 Å². The van der Waals surface area contributed by atoms with Crippen LogP contribution in [0.5, 0.6) is 0 Å². The topological polar surface area (TPSA) is 95.6 Å². The van der Waals surface area contributed by atoms with Crippen LogP contribution in [0.3, 0.4) is 0 Å². The number of hydrogen-bond acceptors (Lipinski definition) is 5. The van der Waals surface area contributed by atoms with Crippen LogP contribution in [-0.4, -0.2) is 27.2 Å². The Hall–Kier alpha value is -4.61. The van der Waals surface area contributed by atoms with Crippen molar-refractivity contribution in [1.29, 1.82) is 5.26 Å². The first-order valence-corrected chi connectivity index (χ1v) is 11.9. The second-order valence-electron chi connectivity index (χ2n) is 8.69. The van der Waals surface area contributed by atoms with Gasteiger partial charge in [0.1, 0.15) is 17.7 Å². The van der Waals surface area contributed by atoms with Crippen LogP contribution in [0.4, 0.5) is 10.2 Å². The lowest BCUT2D eigenvalue weighted by Gasteiger charge is -2.21. The van der Waals surface area contributed by atoms with E-state index in [2.05, 4.69) is 33.4 Å². The van der Waals surface area contributed by atoms with E-state index in [4.69, 9.17) is 5.26 Å². The van der Waals surface area contributed by atoms with Gasteiger partial charge in [-0.1, -0.05) is 37.3 Å². The molecule has 2 N–H and O–H groups in total. The van der Waals surface area contributed by atoms with Crippen molar-refractivity contribution in [2.75, 3.05) is 11.9 Å². The van der Waals surface area contributed by atoms with E-state index in [0.29, 0.717) is 30.0 Å². The number of hydrogen-bond donors (Lipinski definition) is 2. The molecule has 4 rings (SSSR count). The normalized spacial score (nSPS) is 12.4. The standard InChI is InChI=1S/C29H27FN6O/c1-3-13-36-19-25(18-34-36)24-11-12-27(32-17-24)35-29(37)28(23-5-4-6-26(30)14-23)33-16-20(2)22-9-7-21(15-31)8-10-22/h3-12,14,17-20,28,33H,1,13,16H2,2H3,(H,32,35,37). The summed E-state index contributed by atoms with van der Waals surface area (Å²) < 4.78 is 15.8. The van der Waals surface area contributed by atoms with Crippen LogP contribution in [0, 0.1) is 17.1 Å². The first-order valence-electron chi connectivity index (χ1n) is 11.9. The molecule has 2 aromatic heterocycles. The van der Waals surface area contributed by atoms with Gasteiger partial charge in [0.25, 0.3) is 0 Å². The first kappa shape index (κ1) is 25.5. The second kappa shape index (κ2) is 11.9. The molecule has 0 saturated heterocycles. The van der Waals surface area contributed by atoms with E-state index >= 15 is 0 Å². The van der Waals surface area contributed by atoms with Gasteiger partial charge in [-0.3, -0.25) is 9.48 Å². The summed E-state index contributed by atoms with van der Waals surface area (Å²) in [6, 6.07) is 18.2. The van der Waals surface area contributed by atoms with Crippen molar-refractivity contribution in [3.05, 3.63) is 114 Å². The number of aromatic nitrogens is 3. The van der Waals surface area contributed by atoms with Crippen LogP contribution in [0.2, 0.25) is 0 Å². The Morgan fingerprint density at radius 2 is 1.95 bits per heavy atom. The Labute approximate surface area is 215 Å². The number of carbonyl (C=O) groups excluding carboxylic acids is 1. The number of benzene rings is 2. The van der Waals surface area contributed by atoms with Crippen molar-refractivity contribution >= 4 is 11.7 Å². The molecule has 37 heavy (non-hydrogen) atoms. The van der Waals surface area contributed by atoms with Gasteiger partial charge in [0, 0.05) is 30.1 Å². The van der Waals surface area contributed by atoms with E-state index in [1.54, 1.807) is 53.5 Å². The average Bonchev–Trinajstić information content (AvgIpc) is 3.38. The van der Waals surface area contributed by atoms with Crippen molar-refractivity contribution < 1.29 is 9.18 Å². The van der Waals surface area contributed by atoms with Crippen LogP contribution in [-0.2, 0) is 11.3 Å². The maximum Gasteiger partial charge on any atom is 0.247 e. The predicted octanol–water partition coefficient (Wildman–Crippen LogP) is 5.21. The first-order chi connectivity index (χ1) is 18.0. The third-order valence-electron chi connectivity index (χ3n) is 5.98. The van der Waals surface area contributed by atoms with Gasteiger partial charge in [-0.15, -0.1) is 6.58 Å². The van der Waals surface area contributed by atoms with Crippen LogP contribution >= 0.6 is 0 Å². The Morgan fingerprint density at radius 3 is 2.62 bits per heavy atom. The lowest BCUT2D eigenvalue weighted by Crippen LogP contribution is -2.35. The number of nitriles is 1. The molecule has 2 atom stereocenters. The molecule has 2 aromatic carbocycles. The van der Waals surface area contributed by atoms with Crippen LogP contribution < -0.4 is 10.6 Å². The quantitative estimate of drug-likeness (QED) is 0.295. The molecule has 0 aliphatic rings. The maximum absolute atomic E-state index is 14.0. The molecule has 4 aromatic rings. The van der Waals surface area contributed by atoms with Crippen LogP contribution in [0.1, 0.15) is 35.6 Å². The number of anilines is 1. The van der Waals surface area contributed by atoms with Gasteiger partial charge in [0.2, 0.25) is 5.91 Å². The Kier molecular flexibility index (Phi) is 8.18. The fourth-order valence-electron chi connectivity index (χ4n) is 3.93. The minimum Gasteiger partial charge on any atom is -0.309 e. The van der Waals surface area contributed by atoms with Gasteiger partial charge in [-0.2, -0.15) is 10.4 Å². The summed E-state index contributed by atoms with van der Waals surface area (Å²) in [4.78, 5) is 17.7. The van der Waals surface area contributed by atoms with Crippen molar-refractivity contribution in [2.45, 2.75) is 25.4 Å². The van der Waals surface area contributed by atoms with Gasteiger partial charge in [-0.05, 0) is 53.4 Å². The number of amides is 1. The van der Waals surface area contributed by atoms with Crippen molar-refractivity contribution in [1.82, 2.24) is 20.1 Å². The molecule has 0 fully saturated rings. The largest absolute Gasteiger partial charge is 0.309 e. The number of halogens is 1. The number of pyridine rings is 1. The van der Waals surface area contributed by atoms with E-state index in [9.17, 15) is 9.18 Å². The third-order valence-corrected chi connectivity index (χ3v) is 5.98. The fourth-order valence-corrected chi connectivity index (χ4v) is 3.93. The highest BCUT2D eigenvalue weighted by atomic mass is 19.1. The zero-order chi connectivity index (χ0) is 26.2. The molecule has 2 heterocycles. The van der Waals surface area contributed by atoms with Crippen molar-refractivity contribution in [3.8, 4) is 17.2 Å².